The molecular weight excluding hydrogens is 295 g/mol. The van der Waals surface area contributed by atoms with E-state index in [4.69, 9.17) is 5.26 Å². The Labute approximate surface area is 123 Å². The molecule has 1 atom stereocenters. The summed E-state index contributed by atoms with van der Waals surface area (Å²) >= 11 is 0. The molecule has 1 fully saturated rings. The fourth-order valence-electron chi connectivity index (χ4n) is 2.62. The second kappa shape index (κ2) is 5.92. The van der Waals surface area contributed by atoms with Crippen LogP contribution >= 0.6 is 0 Å². The Kier molecular flexibility index (Phi) is 4.40. The van der Waals surface area contributed by atoms with Gasteiger partial charge in [-0.3, -0.25) is 4.79 Å². The standard InChI is InChI=1S/C14H15FN2O3S/c1-10(18)8-11-4-3-7-17(11)21(19,20)14-6-2-5-13(15)12(14)9-16/h2,5-6,11H,3-4,7-8H2,1H3. The molecule has 0 amide bonds. The summed E-state index contributed by atoms with van der Waals surface area (Å²) in [5, 5.41) is 8.99. The van der Waals surface area contributed by atoms with E-state index in [-0.39, 0.29) is 23.6 Å². The highest BCUT2D eigenvalue weighted by molar-refractivity contribution is 7.89. The van der Waals surface area contributed by atoms with Gasteiger partial charge in [0, 0.05) is 19.0 Å². The van der Waals surface area contributed by atoms with Crippen molar-refractivity contribution in [1.29, 1.82) is 5.26 Å². The first-order valence-corrected chi connectivity index (χ1v) is 8.02. The van der Waals surface area contributed by atoms with Crippen LogP contribution in [0.3, 0.4) is 0 Å². The van der Waals surface area contributed by atoms with E-state index in [1.807, 2.05) is 0 Å². The minimum absolute atomic E-state index is 0.0955. The molecule has 1 unspecified atom stereocenters. The Morgan fingerprint density at radius 3 is 2.86 bits per heavy atom. The number of carbonyl (C=O) groups excluding carboxylic acids is 1. The summed E-state index contributed by atoms with van der Waals surface area (Å²) in [6.45, 7) is 1.69. The molecule has 1 heterocycles. The summed E-state index contributed by atoms with van der Waals surface area (Å²) in [7, 11) is -3.98. The monoisotopic (exact) mass is 310 g/mol. The van der Waals surface area contributed by atoms with Crippen molar-refractivity contribution in [3.05, 3.63) is 29.6 Å². The molecule has 0 N–H and O–H groups in total. The smallest absolute Gasteiger partial charge is 0.244 e. The number of ketones is 1. The second-order valence-electron chi connectivity index (χ2n) is 5.04. The number of hydrogen-bond donors (Lipinski definition) is 0. The van der Waals surface area contributed by atoms with Crippen LogP contribution in [-0.4, -0.2) is 31.1 Å². The Morgan fingerprint density at radius 2 is 2.24 bits per heavy atom. The molecule has 112 valence electrons. The highest BCUT2D eigenvalue weighted by Crippen LogP contribution is 2.30. The zero-order chi connectivity index (χ0) is 15.6. The number of halogens is 1. The Balaban J connectivity index is 2.45. The lowest BCUT2D eigenvalue weighted by molar-refractivity contribution is -0.117. The molecule has 0 spiro atoms. The van der Waals surface area contributed by atoms with Gasteiger partial charge >= 0.3 is 0 Å². The maximum atomic E-state index is 13.6. The maximum Gasteiger partial charge on any atom is 0.244 e. The van der Waals surface area contributed by atoms with Gasteiger partial charge in [0.25, 0.3) is 0 Å². The van der Waals surface area contributed by atoms with E-state index < -0.39 is 27.4 Å². The predicted octanol–water partition coefficient (Wildman–Crippen LogP) is 1.83. The van der Waals surface area contributed by atoms with E-state index in [9.17, 15) is 17.6 Å². The summed E-state index contributed by atoms with van der Waals surface area (Å²) in [5.74, 6) is -0.956. The van der Waals surface area contributed by atoms with Crippen LogP contribution in [0.1, 0.15) is 31.7 Å². The lowest BCUT2D eigenvalue weighted by Gasteiger charge is -2.23. The second-order valence-corrected chi connectivity index (χ2v) is 6.90. The molecule has 0 aliphatic carbocycles. The molecule has 2 rings (SSSR count). The Bertz CT molecular complexity index is 709. The van der Waals surface area contributed by atoms with Crippen molar-refractivity contribution in [3.63, 3.8) is 0 Å². The molecule has 7 heteroatoms. The summed E-state index contributed by atoms with van der Waals surface area (Å²) < 4.78 is 40.1. The topological polar surface area (TPSA) is 78.2 Å². The molecule has 1 saturated heterocycles. The van der Waals surface area contributed by atoms with Gasteiger partial charge in [0.1, 0.15) is 28.1 Å². The third kappa shape index (κ3) is 2.96. The van der Waals surface area contributed by atoms with Gasteiger partial charge < -0.3 is 0 Å². The Hall–Kier alpha value is -1.78. The van der Waals surface area contributed by atoms with Gasteiger partial charge in [-0.05, 0) is 31.9 Å². The van der Waals surface area contributed by atoms with E-state index in [1.165, 1.54) is 23.4 Å². The molecule has 0 saturated carbocycles. The molecule has 0 radical (unpaired) electrons. The van der Waals surface area contributed by atoms with Crippen molar-refractivity contribution in [2.24, 2.45) is 0 Å². The number of nitriles is 1. The average Bonchev–Trinajstić information content (AvgIpc) is 2.86. The first kappa shape index (κ1) is 15.6. The molecule has 21 heavy (non-hydrogen) atoms. The van der Waals surface area contributed by atoms with E-state index in [2.05, 4.69) is 0 Å². The van der Waals surface area contributed by atoms with Crippen LogP contribution in [0.15, 0.2) is 23.1 Å². The van der Waals surface area contributed by atoms with Crippen LogP contribution < -0.4 is 0 Å². The number of carbonyl (C=O) groups is 1. The number of rotatable bonds is 4. The largest absolute Gasteiger partial charge is 0.300 e. The normalized spacial score (nSPS) is 19.4. The minimum Gasteiger partial charge on any atom is -0.300 e. The van der Waals surface area contributed by atoms with E-state index in [1.54, 1.807) is 6.07 Å². The zero-order valence-electron chi connectivity index (χ0n) is 11.5. The maximum absolute atomic E-state index is 13.6. The van der Waals surface area contributed by atoms with Crippen LogP contribution in [0, 0.1) is 17.1 Å². The van der Waals surface area contributed by atoms with Crippen LogP contribution in [0.4, 0.5) is 4.39 Å². The van der Waals surface area contributed by atoms with Crippen LogP contribution in [0.25, 0.3) is 0 Å². The zero-order valence-corrected chi connectivity index (χ0v) is 12.4. The summed E-state index contributed by atoms with van der Waals surface area (Å²) in [6.07, 6.45) is 1.38. The number of hydrogen-bond acceptors (Lipinski definition) is 4. The lowest BCUT2D eigenvalue weighted by atomic mass is 10.1. The van der Waals surface area contributed by atoms with Gasteiger partial charge in [-0.25, -0.2) is 12.8 Å². The lowest BCUT2D eigenvalue weighted by Crippen LogP contribution is -2.37. The fraction of sp³-hybridized carbons (Fsp3) is 0.429. The molecule has 0 aromatic heterocycles. The number of sulfonamides is 1. The van der Waals surface area contributed by atoms with E-state index in [0.29, 0.717) is 12.8 Å². The van der Waals surface area contributed by atoms with Crippen molar-refractivity contribution < 1.29 is 17.6 Å². The molecule has 1 aliphatic rings. The molecule has 5 nitrogen and oxygen atoms in total. The number of nitrogens with zero attached hydrogens (tertiary/aromatic N) is 2. The first-order valence-electron chi connectivity index (χ1n) is 6.58. The molecule has 1 aromatic rings. The SMILES string of the molecule is CC(=O)CC1CCCN1S(=O)(=O)c1cccc(F)c1C#N. The van der Waals surface area contributed by atoms with Gasteiger partial charge in [0.15, 0.2) is 0 Å². The van der Waals surface area contributed by atoms with Gasteiger partial charge in [0.05, 0.1) is 0 Å². The highest BCUT2D eigenvalue weighted by atomic mass is 32.2. The summed E-state index contributed by atoms with van der Waals surface area (Å²) in [4.78, 5) is 10.9. The van der Waals surface area contributed by atoms with Crippen LogP contribution in [0.2, 0.25) is 0 Å². The van der Waals surface area contributed by atoms with Crippen molar-refractivity contribution in [3.8, 4) is 6.07 Å². The molecule has 0 bridgehead atoms. The van der Waals surface area contributed by atoms with Crippen molar-refractivity contribution in [2.75, 3.05) is 6.54 Å². The van der Waals surface area contributed by atoms with Crippen LogP contribution in [-0.2, 0) is 14.8 Å². The number of benzene rings is 1. The van der Waals surface area contributed by atoms with Gasteiger partial charge in [0.2, 0.25) is 10.0 Å². The van der Waals surface area contributed by atoms with E-state index >= 15 is 0 Å². The molecular formula is C14H15FN2O3S. The molecule has 1 aliphatic heterocycles. The summed E-state index contributed by atoms with van der Waals surface area (Å²) in [5.41, 5.74) is -0.481. The third-order valence-electron chi connectivity index (χ3n) is 3.52. The fourth-order valence-corrected chi connectivity index (χ4v) is 4.46. The van der Waals surface area contributed by atoms with E-state index in [0.717, 1.165) is 6.07 Å². The van der Waals surface area contributed by atoms with Crippen molar-refractivity contribution >= 4 is 15.8 Å². The highest BCUT2D eigenvalue weighted by Gasteiger charge is 2.37. The molecule has 1 aromatic carbocycles. The van der Waals surface area contributed by atoms with Gasteiger partial charge in [-0.2, -0.15) is 9.57 Å². The Morgan fingerprint density at radius 1 is 1.52 bits per heavy atom. The van der Waals surface area contributed by atoms with Gasteiger partial charge in [-0.1, -0.05) is 6.07 Å². The van der Waals surface area contributed by atoms with Crippen molar-refractivity contribution in [2.45, 2.75) is 37.1 Å². The summed E-state index contributed by atoms with van der Waals surface area (Å²) in [6, 6.07) is 4.72. The predicted molar refractivity (Wildman–Crippen MR) is 73.3 cm³/mol. The average molecular weight is 310 g/mol. The van der Waals surface area contributed by atoms with Crippen molar-refractivity contribution in [1.82, 2.24) is 4.31 Å². The number of Topliss-reactive ketones (excluding diaryl/α,β-unsaturated/α-hetero) is 1. The quantitative estimate of drug-likeness (QED) is 0.850. The minimum atomic E-state index is -3.98. The van der Waals surface area contributed by atoms with Gasteiger partial charge in [-0.15, -0.1) is 0 Å². The first-order chi connectivity index (χ1) is 9.87. The third-order valence-corrected chi connectivity index (χ3v) is 5.51. The van der Waals surface area contributed by atoms with Crippen LogP contribution in [0.5, 0.6) is 0 Å².